The lowest BCUT2D eigenvalue weighted by molar-refractivity contribution is -0.140. The van der Waals surface area contributed by atoms with Crippen LogP contribution in [0.1, 0.15) is 87.6 Å². The normalized spacial score (nSPS) is 18.4. The number of methoxy groups -OCH3 is 3. The van der Waals surface area contributed by atoms with Gasteiger partial charge in [0, 0.05) is 34.0 Å². The molecular weight excluding hydrogens is 604 g/mol. The number of para-hydroxylation sites is 1. The third-order valence-electron chi connectivity index (χ3n) is 8.27. The molecule has 6 rings (SSSR count). The number of thiazole rings is 1. The zero-order chi connectivity index (χ0) is 29.9. The summed E-state index contributed by atoms with van der Waals surface area (Å²) in [6.07, 6.45) is 9.39. The number of hydrogen-bond donors (Lipinski definition) is 0. The highest BCUT2D eigenvalue weighted by Crippen LogP contribution is 2.54. The van der Waals surface area contributed by atoms with Crippen molar-refractivity contribution in [3.8, 4) is 17.2 Å². The molecule has 2 aliphatic rings. The smallest absolute Gasteiger partial charge is 0.305 e. The summed E-state index contributed by atoms with van der Waals surface area (Å²) in [5.41, 5.74) is 3.14. The highest BCUT2D eigenvalue weighted by Gasteiger charge is 2.37. The molecule has 0 N–H and O–H groups in total. The van der Waals surface area contributed by atoms with Crippen molar-refractivity contribution < 1.29 is 19.0 Å². The second-order valence-electron chi connectivity index (χ2n) is 10.9. The first kappa shape index (κ1) is 30.0. The van der Waals surface area contributed by atoms with Gasteiger partial charge in [-0.2, -0.15) is 0 Å². The molecule has 0 radical (unpaired) electrons. The molecule has 0 saturated heterocycles. The number of rotatable bonds is 9. The Kier molecular flexibility index (Phi) is 9.25. The number of carbonyl (C=O) groups is 1. The van der Waals surface area contributed by atoms with Crippen LogP contribution in [-0.4, -0.2) is 47.0 Å². The van der Waals surface area contributed by atoms with Gasteiger partial charge in [0.15, 0.2) is 17.3 Å². The fraction of sp³-hybridized carbons (Fsp3) is 0.438. The third-order valence-corrected chi connectivity index (χ3v) is 11.1. The minimum absolute atomic E-state index is 0.0588. The van der Waals surface area contributed by atoms with Crippen LogP contribution in [0.3, 0.4) is 0 Å². The molecule has 3 heterocycles. The topological polar surface area (TPSA) is 88.4 Å². The van der Waals surface area contributed by atoms with E-state index in [2.05, 4.69) is 22.8 Å². The number of hydrogen-bond acceptors (Lipinski definition) is 9. The number of thioether (sulfide) groups is 1. The SMILES string of the molecule is COC(=O)CCc1cnc(C[C@H]2S[C@H](c3cccc(OC)c3OC)c3cc(Cl)ccc3-n3c(C4CCCCC4)nnc32)s1. The van der Waals surface area contributed by atoms with Crippen LogP contribution in [0.4, 0.5) is 0 Å². The van der Waals surface area contributed by atoms with Crippen LogP contribution in [0, 0.1) is 0 Å². The molecule has 2 aromatic carbocycles. The van der Waals surface area contributed by atoms with Crippen molar-refractivity contribution in [1.29, 1.82) is 0 Å². The molecule has 1 fully saturated rings. The average molecular weight is 639 g/mol. The fourth-order valence-corrected chi connectivity index (χ4v) is 8.95. The first-order valence-electron chi connectivity index (χ1n) is 14.6. The summed E-state index contributed by atoms with van der Waals surface area (Å²) in [4.78, 5) is 17.6. The number of benzene rings is 2. The van der Waals surface area contributed by atoms with E-state index in [0.717, 1.165) is 51.2 Å². The molecule has 2 atom stereocenters. The summed E-state index contributed by atoms with van der Waals surface area (Å²) in [7, 11) is 4.76. The second kappa shape index (κ2) is 13.3. The Balaban J connectivity index is 1.47. The van der Waals surface area contributed by atoms with E-state index in [9.17, 15) is 4.79 Å². The summed E-state index contributed by atoms with van der Waals surface area (Å²) in [5.74, 6) is 3.48. The van der Waals surface area contributed by atoms with Gasteiger partial charge in [-0.15, -0.1) is 33.3 Å². The zero-order valence-corrected chi connectivity index (χ0v) is 26.9. The molecule has 1 aliphatic heterocycles. The molecular formula is C32H35ClN4O4S2. The molecule has 1 aliphatic carbocycles. The summed E-state index contributed by atoms with van der Waals surface area (Å²) in [6.45, 7) is 0. The van der Waals surface area contributed by atoms with Crippen LogP contribution in [0.5, 0.6) is 11.5 Å². The van der Waals surface area contributed by atoms with Gasteiger partial charge in [-0.05, 0) is 49.1 Å². The lowest BCUT2D eigenvalue weighted by Gasteiger charge is -2.24. The molecule has 4 aromatic rings. The summed E-state index contributed by atoms with van der Waals surface area (Å²) in [5, 5.41) is 11.2. The number of ether oxygens (including phenoxy) is 3. The van der Waals surface area contributed by atoms with E-state index in [0.29, 0.717) is 41.7 Å². The van der Waals surface area contributed by atoms with E-state index >= 15 is 0 Å². The van der Waals surface area contributed by atoms with Crippen LogP contribution >= 0.6 is 34.7 Å². The largest absolute Gasteiger partial charge is 0.493 e. The highest BCUT2D eigenvalue weighted by atomic mass is 35.5. The molecule has 0 amide bonds. The number of halogens is 1. The van der Waals surface area contributed by atoms with Gasteiger partial charge >= 0.3 is 5.97 Å². The average Bonchev–Trinajstić information content (AvgIpc) is 3.66. The van der Waals surface area contributed by atoms with Gasteiger partial charge in [-0.3, -0.25) is 9.36 Å². The standard InChI is InChI=1S/C32H35ClN4O4S2/c1-39-25-11-7-10-22(29(25)41-3)30-23-16-20(33)12-14-24(23)37-31(19-8-5-4-6-9-19)35-36-32(37)26(43-30)17-27-34-18-21(42-27)13-15-28(38)40-2/h7,10-12,14,16,18-19,26,30H,4-6,8-9,13,15,17H2,1-3H3/t26-,30-/m1/s1. The monoisotopic (exact) mass is 638 g/mol. The molecule has 11 heteroatoms. The molecule has 2 aromatic heterocycles. The number of carbonyl (C=O) groups excluding carboxylic acids is 1. The lowest BCUT2D eigenvalue weighted by Crippen LogP contribution is -2.14. The van der Waals surface area contributed by atoms with Gasteiger partial charge in [0.2, 0.25) is 0 Å². The van der Waals surface area contributed by atoms with Gasteiger partial charge in [0.05, 0.1) is 48.9 Å². The van der Waals surface area contributed by atoms with Crippen molar-refractivity contribution >= 4 is 40.7 Å². The van der Waals surface area contributed by atoms with Crippen LogP contribution in [0.25, 0.3) is 5.69 Å². The Morgan fingerprint density at radius 2 is 1.84 bits per heavy atom. The second-order valence-corrected chi connectivity index (χ2v) is 13.8. The Morgan fingerprint density at radius 3 is 2.60 bits per heavy atom. The van der Waals surface area contributed by atoms with Crippen LogP contribution in [0.2, 0.25) is 5.02 Å². The minimum atomic E-state index is -0.218. The fourth-order valence-electron chi connectivity index (χ4n) is 6.17. The molecule has 1 saturated carbocycles. The molecule has 8 nitrogen and oxygen atoms in total. The van der Waals surface area contributed by atoms with Crippen molar-refractivity contribution in [2.24, 2.45) is 0 Å². The van der Waals surface area contributed by atoms with Gasteiger partial charge in [0.25, 0.3) is 0 Å². The van der Waals surface area contributed by atoms with Crippen molar-refractivity contribution in [1.82, 2.24) is 19.7 Å². The van der Waals surface area contributed by atoms with Crippen molar-refractivity contribution in [2.75, 3.05) is 21.3 Å². The van der Waals surface area contributed by atoms with Crippen LogP contribution in [-0.2, 0) is 22.4 Å². The third kappa shape index (κ3) is 6.14. The van der Waals surface area contributed by atoms with Gasteiger partial charge in [0.1, 0.15) is 5.82 Å². The van der Waals surface area contributed by atoms with E-state index in [1.807, 2.05) is 36.2 Å². The van der Waals surface area contributed by atoms with E-state index in [4.69, 9.17) is 41.0 Å². The molecule has 43 heavy (non-hydrogen) atoms. The van der Waals surface area contributed by atoms with Gasteiger partial charge in [-0.1, -0.05) is 43.0 Å². The van der Waals surface area contributed by atoms with E-state index in [-0.39, 0.29) is 16.5 Å². The Hall–Kier alpha value is -3.08. The quantitative estimate of drug-likeness (QED) is 0.173. The predicted molar refractivity (Wildman–Crippen MR) is 170 cm³/mol. The molecule has 0 unspecified atom stereocenters. The number of nitrogens with zero attached hydrogens (tertiary/aromatic N) is 4. The number of aryl methyl sites for hydroxylation is 1. The minimum Gasteiger partial charge on any atom is -0.493 e. The number of esters is 1. The maximum absolute atomic E-state index is 11.7. The molecule has 226 valence electrons. The van der Waals surface area contributed by atoms with Crippen molar-refractivity contribution in [3.63, 3.8) is 0 Å². The van der Waals surface area contributed by atoms with E-state index in [1.165, 1.54) is 26.4 Å². The maximum Gasteiger partial charge on any atom is 0.305 e. The number of aromatic nitrogens is 4. The molecule has 0 bridgehead atoms. The number of fused-ring (bicyclic) bond motifs is 3. The van der Waals surface area contributed by atoms with Crippen LogP contribution in [0.15, 0.2) is 42.6 Å². The predicted octanol–water partition coefficient (Wildman–Crippen LogP) is 7.67. The maximum atomic E-state index is 11.7. The summed E-state index contributed by atoms with van der Waals surface area (Å²) in [6, 6.07) is 12.1. The zero-order valence-electron chi connectivity index (χ0n) is 24.5. The molecule has 0 spiro atoms. The van der Waals surface area contributed by atoms with Gasteiger partial charge in [-0.25, -0.2) is 4.98 Å². The van der Waals surface area contributed by atoms with Crippen LogP contribution < -0.4 is 9.47 Å². The Bertz CT molecular complexity index is 1600. The summed E-state index contributed by atoms with van der Waals surface area (Å²) < 4.78 is 18.8. The lowest BCUT2D eigenvalue weighted by atomic mass is 9.88. The first-order valence-corrected chi connectivity index (χ1v) is 16.8. The van der Waals surface area contributed by atoms with E-state index in [1.54, 1.807) is 25.6 Å². The highest BCUT2D eigenvalue weighted by molar-refractivity contribution is 8.00. The van der Waals surface area contributed by atoms with Gasteiger partial charge < -0.3 is 14.2 Å². The Morgan fingerprint density at radius 1 is 1.02 bits per heavy atom. The first-order chi connectivity index (χ1) is 21.0. The van der Waals surface area contributed by atoms with Crippen molar-refractivity contribution in [3.05, 3.63) is 80.3 Å². The van der Waals surface area contributed by atoms with Crippen molar-refractivity contribution in [2.45, 2.75) is 67.8 Å². The Labute approximate surface area is 265 Å². The summed E-state index contributed by atoms with van der Waals surface area (Å²) >= 11 is 10.1. The van der Waals surface area contributed by atoms with E-state index < -0.39 is 0 Å².